The van der Waals surface area contributed by atoms with Gasteiger partial charge in [0.25, 0.3) is 0 Å². The number of benzene rings is 2. The fourth-order valence-electron chi connectivity index (χ4n) is 3.26. The van der Waals surface area contributed by atoms with E-state index in [1.807, 2.05) is 22.7 Å². The molecule has 2 aromatic carbocycles. The molecule has 1 aromatic heterocycles. The summed E-state index contributed by atoms with van der Waals surface area (Å²) in [6.07, 6.45) is 2.12. The van der Waals surface area contributed by atoms with Crippen molar-refractivity contribution in [1.82, 2.24) is 9.47 Å². The van der Waals surface area contributed by atoms with Crippen molar-refractivity contribution < 1.29 is 9.53 Å². The molecule has 0 radical (unpaired) electrons. The second-order valence-corrected chi connectivity index (χ2v) is 8.48. The Bertz CT molecular complexity index is 933. The molecule has 6 heteroatoms. The molecule has 1 aliphatic rings. The number of thioether (sulfide) groups is 1. The lowest BCUT2D eigenvalue weighted by Crippen LogP contribution is -2.42. The van der Waals surface area contributed by atoms with Crippen LogP contribution in [0.1, 0.15) is 5.56 Å². The summed E-state index contributed by atoms with van der Waals surface area (Å²) in [7, 11) is 0. The molecule has 0 aliphatic carbocycles. The van der Waals surface area contributed by atoms with Crippen molar-refractivity contribution in [2.24, 2.45) is 0 Å². The maximum Gasteiger partial charge on any atom is 0.242 e. The second kappa shape index (κ2) is 8.50. The third-order valence-corrected chi connectivity index (χ3v) is 6.37. The number of carbonyl (C=O) groups excluding carboxylic acids is 1. The Kier molecular flexibility index (Phi) is 5.86. The van der Waals surface area contributed by atoms with Gasteiger partial charge in [0, 0.05) is 45.3 Å². The van der Waals surface area contributed by atoms with Gasteiger partial charge in [0.1, 0.15) is 6.54 Å². The fraction of sp³-hybridized carbons (Fsp3) is 0.286. The molecule has 1 aliphatic heterocycles. The Hall–Kier alpha value is -1.76. The lowest BCUT2D eigenvalue weighted by atomic mass is 10.2. The summed E-state index contributed by atoms with van der Waals surface area (Å²) in [6, 6.07) is 16.7. The quantitative estimate of drug-likeness (QED) is 0.541. The smallest absolute Gasteiger partial charge is 0.242 e. The van der Waals surface area contributed by atoms with Gasteiger partial charge in [-0.2, -0.15) is 0 Å². The predicted molar refractivity (Wildman–Crippen MR) is 113 cm³/mol. The van der Waals surface area contributed by atoms with E-state index in [1.165, 1.54) is 15.8 Å². The van der Waals surface area contributed by atoms with Gasteiger partial charge in [0.2, 0.25) is 5.91 Å². The zero-order chi connectivity index (χ0) is 18.6. The Morgan fingerprint density at radius 1 is 1.07 bits per heavy atom. The van der Waals surface area contributed by atoms with E-state index in [4.69, 9.17) is 4.74 Å². The average Bonchev–Trinajstić information content (AvgIpc) is 3.06. The van der Waals surface area contributed by atoms with Crippen LogP contribution < -0.4 is 0 Å². The number of rotatable bonds is 5. The molecule has 27 heavy (non-hydrogen) atoms. The number of aromatic nitrogens is 1. The lowest BCUT2D eigenvalue weighted by molar-refractivity contribution is -0.135. The van der Waals surface area contributed by atoms with E-state index in [0.29, 0.717) is 32.8 Å². The van der Waals surface area contributed by atoms with Gasteiger partial charge in [-0.05, 0) is 23.8 Å². The molecule has 0 atom stereocenters. The average molecular weight is 445 g/mol. The number of amides is 1. The number of morpholine rings is 1. The van der Waals surface area contributed by atoms with E-state index < -0.39 is 0 Å². The largest absolute Gasteiger partial charge is 0.378 e. The van der Waals surface area contributed by atoms with Gasteiger partial charge in [-0.25, -0.2) is 0 Å². The first-order chi connectivity index (χ1) is 13.2. The van der Waals surface area contributed by atoms with Crippen LogP contribution in [0.25, 0.3) is 10.9 Å². The predicted octanol–water partition coefficient (Wildman–Crippen LogP) is 4.55. The van der Waals surface area contributed by atoms with Crippen molar-refractivity contribution in [3.05, 3.63) is 64.8 Å². The Morgan fingerprint density at radius 3 is 2.59 bits per heavy atom. The lowest BCUT2D eigenvalue weighted by Gasteiger charge is -2.27. The summed E-state index contributed by atoms with van der Waals surface area (Å²) in [5.74, 6) is 1.06. The Morgan fingerprint density at radius 2 is 1.81 bits per heavy atom. The molecule has 0 N–H and O–H groups in total. The molecular weight excluding hydrogens is 424 g/mol. The third kappa shape index (κ3) is 4.39. The number of para-hydroxylation sites is 1. The molecular formula is C21H21BrN2O2S. The van der Waals surface area contributed by atoms with Gasteiger partial charge in [0.15, 0.2) is 0 Å². The van der Waals surface area contributed by atoms with E-state index in [0.717, 1.165) is 15.7 Å². The van der Waals surface area contributed by atoms with Crippen molar-refractivity contribution in [1.29, 1.82) is 0 Å². The molecule has 4 nitrogen and oxygen atoms in total. The van der Waals surface area contributed by atoms with Crippen LogP contribution in [0.3, 0.4) is 0 Å². The van der Waals surface area contributed by atoms with Gasteiger partial charge >= 0.3 is 0 Å². The molecule has 1 saturated heterocycles. The molecule has 0 unspecified atom stereocenters. The zero-order valence-corrected chi connectivity index (χ0v) is 17.3. The molecule has 0 saturated carbocycles. The SMILES string of the molecule is O=C(Cn1cc(SCc2ccc(Br)cc2)c2ccccc21)N1CCOCC1. The first-order valence-corrected chi connectivity index (χ1v) is 10.8. The molecule has 3 aromatic rings. The van der Waals surface area contributed by atoms with Crippen LogP contribution in [0.4, 0.5) is 0 Å². The molecule has 1 amide bonds. The highest BCUT2D eigenvalue weighted by Gasteiger charge is 2.18. The van der Waals surface area contributed by atoms with Crippen LogP contribution in [0.5, 0.6) is 0 Å². The Balaban J connectivity index is 1.53. The van der Waals surface area contributed by atoms with E-state index >= 15 is 0 Å². The molecule has 0 bridgehead atoms. The van der Waals surface area contributed by atoms with Crippen LogP contribution in [0, 0.1) is 0 Å². The zero-order valence-electron chi connectivity index (χ0n) is 14.9. The number of carbonyl (C=O) groups is 1. The van der Waals surface area contributed by atoms with Crippen LogP contribution in [-0.2, 0) is 21.8 Å². The maximum atomic E-state index is 12.7. The molecule has 2 heterocycles. The number of fused-ring (bicyclic) bond motifs is 1. The number of halogens is 1. The first kappa shape index (κ1) is 18.6. The molecule has 0 spiro atoms. The van der Waals surface area contributed by atoms with E-state index in [-0.39, 0.29) is 5.91 Å². The molecule has 140 valence electrons. The number of hydrogen-bond donors (Lipinski definition) is 0. The maximum absolute atomic E-state index is 12.7. The standard InChI is InChI=1S/C21H21BrN2O2S/c22-17-7-5-16(6-8-17)15-27-20-13-24(19-4-2-1-3-18(19)20)14-21(25)23-9-11-26-12-10-23/h1-8,13H,9-12,14-15H2. The highest BCUT2D eigenvalue weighted by atomic mass is 79.9. The van der Waals surface area contributed by atoms with Crippen molar-refractivity contribution in [2.45, 2.75) is 17.2 Å². The topological polar surface area (TPSA) is 34.5 Å². The Labute approximate surface area is 171 Å². The highest BCUT2D eigenvalue weighted by molar-refractivity contribution is 9.10. The number of nitrogens with zero attached hydrogens (tertiary/aromatic N) is 2. The summed E-state index contributed by atoms with van der Waals surface area (Å²) in [6.45, 7) is 3.00. The minimum atomic E-state index is 0.156. The summed E-state index contributed by atoms with van der Waals surface area (Å²) in [5.41, 5.74) is 2.39. The summed E-state index contributed by atoms with van der Waals surface area (Å²) in [5, 5.41) is 1.20. The van der Waals surface area contributed by atoms with Crippen LogP contribution in [0.2, 0.25) is 0 Å². The summed E-state index contributed by atoms with van der Waals surface area (Å²) >= 11 is 5.29. The van der Waals surface area contributed by atoms with Gasteiger partial charge < -0.3 is 14.2 Å². The van der Waals surface area contributed by atoms with Gasteiger partial charge in [-0.1, -0.05) is 46.3 Å². The molecule has 1 fully saturated rings. The summed E-state index contributed by atoms with van der Waals surface area (Å²) in [4.78, 5) is 15.8. The van der Waals surface area contributed by atoms with Crippen molar-refractivity contribution in [2.75, 3.05) is 26.3 Å². The highest BCUT2D eigenvalue weighted by Crippen LogP contribution is 2.32. The minimum Gasteiger partial charge on any atom is -0.378 e. The minimum absolute atomic E-state index is 0.156. The summed E-state index contributed by atoms with van der Waals surface area (Å²) < 4.78 is 8.52. The van der Waals surface area contributed by atoms with Crippen LogP contribution in [-0.4, -0.2) is 41.7 Å². The van der Waals surface area contributed by atoms with E-state index in [1.54, 1.807) is 0 Å². The third-order valence-electron chi connectivity index (χ3n) is 4.73. The number of ether oxygens (including phenoxy) is 1. The molecule has 4 rings (SSSR count). The van der Waals surface area contributed by atoms with Gasteiger partial charge in [-0.15, -0.1) is 11.8 Å². The second-order valence-electron chi connectivity index (χ2n) is 6.55. The fourth-order valence-corrected chi connectivity index (χ4v) is 4.57. The van der Waals surface area contributed by atoms with Crippen LogP contribution >= 0.6 is 27.7 Å². The normalized spacial score (nSPS) is 14.6. The van der Waals surface area contributed by atoms with Crippen molar-refractivity contribution in [3.63, 3.8) is 0 Å². The van der Waals surface area contributed by atoms with Gasteiger partial charge in [-0.3, -0.25) is 4.79 Å². The monoisotopic (exact) mass is 444 g/mol. The number of hydrogen-bond acceptors (Lipinski definition) is 3. The van der Waals surface area contributed by atoms with Crippen molar-refractivity contribution >= 4 is 44.5 Å². The van der Waals surface area contributed by atoms with E-state index in [9.17, 15) is 4.79 Å². The van der Waals surface area contributed by atoms with Crippen molar-refractivity contribution in [3.8, 4) is 0 Å². The van der Waals surface area contributed by atoms with Crippen LogP contribution in [0.15, 0.2) is 64.1 Å². The van der Waals surface area contributed by atoms with Gasteiger partial charge in [0.05, 0.1) is 13.2 Å². The van der Waals surface area contributed by atoms with E-state index in [2.05, 4.69) is 69.2 Å². The first-order valence-electron chi connectivity index (χ1n) is 9.01.